The molecule has 8 rings (SSSR count). The molecule has 4 aliphatic carbocycles. The molecule has 14 nitrogen and oxygen atoms in total. The first kappa shape index (κ1) is 45.1. The minimum absolute atomic E-state index is 0.0477. The molecule has 0 radical (unpaired) electrons. The van der Waals surface area contributed by atoms with Gasteiger partial charge in [-0.25, -0.2) is 4.39 Å². The molecular weight excluding hydrogens is 826 g/mol. The molecule has 2 aromatic rings. The van der Waals surface area contributed by atoms with E-state index in [2.05, 4.69) is 10.6 Å². The number of ether oxygens (including phenoxy) is 2. The van der Waals surface area contributed by atoms with Crippen LogP contribution in [0, 0.1) is 22.7 Å². The van der Waals surface area contributed by atoms with Gasteiger partial charge in [-0.2, -0.15) is 0 Å². The number of carbonyl (C=O) groups excluding carboxylic acids is 7. The van der Waals surface area contributed by atoms with Crippen LogP contribution < -0.4 is 10.6 Å². The minimum atomic E-state index is -2.09. The molecule has 11 atom stereocenters. The topological polar surface area (TPSA) is 206 Å². The fourth-order valence-corrected chi connectivity index (χ4v) is 11.6. The molecule has 1 saturated heterocycles. The van der Waals surface area contributed by atoms with Gasteiger partial charge in [0.2, 0.25) is 11.8 Å². The summed E-state index contributed by atoms with van der Waals surface area (Å²) in [5.74, 6) is -4.17. The predicted octanol–water partition coefficient (Wildman–Crippen LogP) is 3.41. The highest BCUT2D eigenvalue weighted by Gasteiger charge is 2.79. The Kier molecular flexibility index (Phi) is 11.9. The lowest BCUT2D eigenvalue weighted by molar-refractivity contribution is -0.231. The van der Waals surface area contributed by atoms with Crippen LogP contribution in [0.4, 0.5) is 4.39 Å². The number of aliphatic hydroxyl groups excluding tert-OH is 2. The summed E-state index contributed by atoms with van der Waals surface area (Å²) in [6.07, 6.45) is 4.91. The molecule has 0 bridgehead atoms. The lowest BCUT2D eigenvalue weighted by atomic mass is 9.44. The Labute approximate surface area is 370 Å². The van der Waals surface area contributed by atoms with Crippen molar-refractivity contribution in [1.82, 2.24) is 15.5 Å². The zero-order valence-electron chi connectivity index (χ0n) is 36.3. The van der Waals surface area contributed by atoms with E-state index in [4.69, 9.17) is 9.47 Å². The van der Waals surface area contributed by atoms with Crippen molar-refractivity contribution in [2.75, 3.05) is 13.2 Å². The van der Waals surface area contributed by atoms with E-state index in [-0.39, 0.29) is 37.4 Å². The molecule has 6 aliphatic rings. The summed E-state index contributed by atoms with van der Waals surface area (Å²) in [6.45, 7) is 5.71. The molecular formula is C49H54FN3O11. The van der Waals surface area contributed by atoms with Crippen LogP contribution in [0.5, 0.6) is 0 Å². The number of amides is 4. The van der Waals surface area contributed by atoms with Crippen LogP contribution in [0.25, 0.3) is 0 Å². The Bertz CT molecular complexity index is 2380. The third kappa shape index (κ3) is 7.39. The van der Waals surface area contributed by atoms with Crippen molar-refractivity contribution in [3.8, 4) is 0 Å². The number of nitrogens with zero attached hydrogens (tertiary/aromatic N) is 1. The largest absolute Gasteiger partial charge is 0.390 e. The van der Waals surface area contributed by atoms with Crippen LogP contribution in [0.15, 0.2) is 84.5 Å². The number of Topliss-reactive ketones (excluding diaryl/α,β-unsaturated/α-hetero) is 2. The van der Waals surface area contributed by atoms with Gasteiger partial charge in [0.15, 0.2) is 34.9 Å². The van der Waals surface area contributed by atoms with Gasteiger partial charge in [0.25, 0.3) is 11.8 Å². The fourth-order valence-electron chi connectivity index (χ4n) is 11.6. The summed E-state index contributed by atoms with van der Waals surface area (Å²) in [5.41, 5.74) is -2.05. The summed E-state index contributed by atoms with van der Waals surface area (Å²) in [5, 5.41) is 27.3. The van der Waals surface area contributed by atoms with Crippen LogP contribution in [-0.4, -0.2) is 105 Å². The number of aliphatic hydroxyl groups is 2. The summed E-state index contributed by atoms with van der Waals surface area (Å²) in [4.78, 5) is 88.9. The van der Waals surface area contributed by atoms with Gasteiger partial charge in [0.1, 0.15) is 12.6 Å². The smallest absolute Gasteiger partial charge is 0.253 e. The highest BCUT2D eigenvalue weighted by molar-refractivity contribution is 6.13. The molecule has 2 heterocycles. The van der Waals surface area contributed by atoms with Gasteiger partial charge in [-0.3, -0.25) is 38.5 Å². The average molecular weight is 880 g/mol. The molecule has 0 spiro atoms. The number of alkyl halides is 1. The second-order valence-electron chi connectivity index (χ2n) is 18.7. The standard InChI is InChI=1S/C49H54FN3O11/c1-27(52-44(62)28(2)51-41(59)17-19-53-42(60)14-15-43(53)61)37(56)22-31-7-5-6-30(21-31)20-29-8-10-32(11-9-29)45-63-40-24-36-35-13-12-33-23-34(55)16-18-46(33,3)48(35,50)38(57)25-47(36,4)49(40,64-45)39(58)26-54/h5-11,14-16,18,21,23,27-28,35-36,38,40,45,54,57H,12-13,17,19-20,22,24-26H2,1-4H3,(H,51,59)(H,52,62)/t27-,28-,35-,36-,38-,40+,45+,46-,47-,48-,49+/m0/s1. The zero-order chi connectivity index (χ0) is 45.9. The number of hydrogen-bond donors (Lipinski definition) is 4. The quantitative estimate of drug-likeness (QED) is 0.203. The van der Waals surface area contributed by atoms with E-state index in [0.717, 1.165) is 33.7 Å². The molecule has 338 valence electrons. The number of hydrogen-bond acceptors (Lipinski definition) is 11. The lowest BCUT2D eigenvalue weighted by Gasteiger charge is -2.62. The first-order chi connectivity index (χ1) is 30.3. The molecule has 4 N–H and O–H groups in total. The van der Waals surface area contributed by atoms with Crippen LogP contribution in [-0.2, 0) is 55.9 Å². The van der Waals surface area contributed by atoms with Gasteiger partial charge in [0, 0.05) is 53.8 Å². The Morgan fingerprint density at radius 3 is 2.33 bits per heavy atom. The van der Waals surface area contributed by atoms with Gasteiger partial charge >= 0.3 is 0 Å². The van der Waals surface area contributed by atoms with E-state index >= 15 is 4.39 Å². The summed E-state index contributed by atoms with van der Waals surface area (Å²) in [7, 11) is 0. The van der Waals surface area contributed by atoms with Crippen molar-refractivity contribution in [2.24, 2.45) is 22.7 Å². The highest BCUT2D eigenvalue weighted by atomic mass is 19.1. The number of carbonyl (C=O) groups is 7. The van der Waals surface area contributed by atoms with E-state index < -0.39 is 101 Å². The number of nitrogens with one attached hydrogen (secondary N) is 2. The summed E-state index contributed by atoms with van der Waals surface area (Å²) < 4.78 is 30.9. The molecule has 4 fully saturated rings. The van der Waals surface area contributed by atoms with E-state index in [1.54, 1.807) is 19.9 Å². The third-order valence-electron chi connectivity index (χ3n) is 15.0. The van der Waals surface area contributed by atoms with E-state index in [0.29, 0.717) is 36.8 Å². The molecule has 2 aromatic carbocycles. The lowest BCUT2D eigenvalue weighted by Crippen LogP contribution is -2.69. The van der Waals surface area contributed by atoms with Crippen molar-refractivity contribution >= 4 is 41.0 Å². The average Bonchev–Trinajstić information content (AvgIpc) is 3.88. The first-order valence-corrected chi connectivity index (χ1v) is 22.0. The fraction of sp³-hybridized carbons (Fsp3) is 0.490. The Morgan fingerprint density at radius 1 is 0.922 bits per heavy atom. The molecule has 15 heteroatoms. The first-order valence-electron chi connectivity index (χ1n) is 22.0. The molecule has 64 heavy (non-hydrogen) atoms. The maximum atomic E-state index is 17.7. The number of benzene rings is 2. The second kappa shape index (κ2) is 16.8. The van der Waals surface area contributed by atoms with Crippen LogP contribution in [0.3, 0.4) is 0 Å². The van der Waals surface area contributed by atoms with Crippen molar-refractivity contribution < 1.29 is 57.6 Å². The van der Waals surface area contributed by atoms with Crippen LogP contribution in [0.2, 0.25) is 0 Å². The normalized spacial score (nSPS) is 33.4. The SMILES string of the molecule is C[C@H](NC(=O)[C@H](C)NC(=O)CCN1C(=O)C=CC1=O)C(=O)Cc1cccc(Cc2ccc([C@@H]3O[C@@H]4C[C@H]5[C@@H]6CCC7=CC(=O)C=C[C@]7(C)[C@@]6(F)[C@@H](O)C[C@]5(C)[C@]4(C(=O)CO)O3)cc2)c1. The van der Waals surface area contributed by atoms with Gasteiger partial charge in [-0.15, -0.1) is 0 Å². The van der Waals surface area contributed by atoms with Crippen molar-refractivity contribution in [3.63, 3.8) is 0 Å². The molecule has 0 aromatic heterocycles. The number of rotatable bonds is 14. The van der Waals surface area contributed by atoms with Crippen molar-refractivity contribution in [1.29, 1.82) is 0 Å². The molecule has 2 aliphatic heterocycles. The molecule has 0 unspecified atom stereocenters. The van der Waals surface area contributed by atoms with Crippen LogP contribution >= 0.6 is 0 Å². The van der Waals surface area contributed by atoms with Crippen molar-refractivity contribution in [3.05, 3.63) is 107 Å². The van der Waals surface area contributed by atoms with Crippen molar-refractivity contribution in [2.45, 2.75) is 114 Å². The Balaban J connectivity index is 0.879. The number of halogens is 1. The second-order valence-corrected chi connectivity index (χ2v) is 18.7. The van der Waals surface area contributed by atoms with E-state index in [9.17, 15) is 43.8 Å². The minimum Gasteiger partial charge on any atom is -0.390 e. The zero-order valence-corrected chi connectivity index (χ0v) is 36.3. The number of ketones is 3. The van der Waals surface area contributed by atoms with E-state index in [1.165, 1.54) is 19.1 Å². The summed E-state index contributed by atoms with van der Waals surface area (Å²) >= 11 is 0. The molecule has 3 saturated carbocycles. The highest BCUT2D eigenvalue weighted by Crippen LogP contribution is 2.72. The van der Waals surface area contributed by atoms with Gasteiger partial charge in [-0.1, -0.05) is 67.1 Å². The number of imide groups is 1. The van der Waals surface area contributed by atoms with Gasteiger partial charge < -0.3 is 30.3 Å². The van der Waals surface area contributed by atoms with Crippen LogP contribution in [0.1, 0.15) is 88.3 Å². The monoisotopic (exact) mass is 879 g/mol. The maximum Gasteiger partial charge on any atom is 0.253 e. The predicted molar refractivity (Wildman–Crippen MR) is 227 cm³/mol. The van der Waals surface area contributed by atoms with E-state index in [1.807, 2.05) is 55.5 Å². The maximum absolute atomic E-state index is 17.7. The van der Waals surface area contributed by atoms with Gasteiger partial charge in [-0.05, 0) is 87.6 Å². The Hall–Kier alpha value is -5.48. The van der Waals surface area contributed by atoms with Gasteiger partial charge in [0.05, 0.1) is 18.2 Å². The Morgan fingerprint density at radius 2 is 1.62 bits per heavy atom. The number of fused-ring (bicyclic) bond motifs is 7. The third-order valence-corrected chi connectivity index (χ3v) is 15.0. The number of allylic oxidation sites excluding steroid dienone is 4. The molecule has 4 amide bonds. The summed E-state index contributed by atoms with van der Waals surface area (Å²) in [6, 6.07) is 13.2.